The summed E-state index contributed by atoms with van der Waals surface area (Å²) in [5.74, 6) is 1.71. The fraction of sp³-hybridized carbons (Fsp3) is 0.611. The van der Waals surface area contributed by atoms with Gasteiger partial charge < -0.3 is 23.9 Å². The lowest BCUT2D eigenvalue weighted by atomic mass is 10.1. The summed E-state index contributed by atoms with van der Waals surface area (Å²) in [5, 5.41) is 11.1. The number of ether oxygens (including phenoxy) is 1. The van der Waals surface area contributed by atoms with Gasteiger partial charge in [0.15, 0.2) is 0 Å². The first-order valence-electron chi connectivity index (χ1n) is 9.23. The number of aromatic nitrogens is 3. The highest BCUT2D eigenvalue weighted by molar-refractivity contribution is 5.74. The molecule has 26 heavy (non-hydrogen) atoms. The van der Waals surface area contributed by atoms with E-state index in [1.54, 1.807) is 19.7 Å². The maximum absolute atomic E-state index is 12.8. The van der Waals surface area contributed by atoms with Crippen molar-refractivity contribution in [2.24, 2.45) is 0 Å². The SMILES string of the molecule is COCCn1cnnc1CCNC(=O)N1CCCCC[C@H]1c1ccco1. The Morgan fingerprint density at radius 2 is 2.35 bits per heavy atom. The van der Waals surface area contributed by atoms with E-state index in [0.29, 0.717) is 26.1 Å². The molecule has 0 unspecified atom stereocenters. The van der Waals surface area contributed by atoms with E-state index in [4.69, 9.17) is 9.15 Å². The van der Waals surface area contributed by atoms with Crippen LogP contribution in [-0.4, -0.2) is 52.5 Å². The maximum Gasteiger partial charge on any atom is 0.318 e. The zero-order chi connectivity index (χ0) is 18.2. The summed E-state index contributed by atoms with van der Waals surface area (Å²) < 4.78 is 12.6. The number of furan rings is 1. The largest absolute Gasteiger partial charge is 0.467 e. The molecular weight excluding hydrogens is 334 g/mol. The van der Waals surface area contributed by atoms with Crippen LogP contribution in [0.1, 0.15) is 43.3 Å². The van der Waals surface area contributed by atoms with E-state index in [0.717, 1.165) is 43.8 Å². The average Bonchev–Trinajstić information content (AvgIpc) is 3.27. The number of likely N-dealkylation sites (tertiary alicyclic amines) is 1. The van der Waals surface area contributed by atoms with Crippen LogP contribution in [0, 0.1) is 0 Å². The number of nitrogens with one attached hydrogen (secondary N) is 1. The van der Waals surface area contributed by atoms with E-state index < -0.39 is 0 Å². The first-order chi connectivity index (χ1) is 12.8. The molecule has 0 bridgehead atoms. The van der Waals surface area contributed by atoms with Crippen LogP contribution in [-0.2, 0) is 17.7 Å². The Kier molecular flexibility index (Phi) is 6.65. The number of hydrogen-bond donors (Lipinski definition) is 1. The molecule has 0 radical (unpaired) electrons. The monoisotopic (exact) mass is 361 g/mol. The van der Waals surface area contributed by atoms with Gasteiger partial charge in [-0.15, -0.1) is 10.2 Å². The molecule has 8 heteroatoms. The molecule has 1 N–H and O–H groups in total. The van der Waals surface area contributed by atoms with E-state index in [1.807, 2.05) is 21.6 Å². The van der Waals surface area contributed by atoms with Gasteiger partial charge in [0.05, 0.1) is 18.9 Å². The normalized spacial score (nSPS) is 17.9. The number of rotatable bonds is 7. The topological polar surface area (TPSA) is 85.4 Å². The average molecular weight is 361 g/mol. The summed E-state index contributed by atoms with van der Waals surface area (Å²) in [7, 11) is 1.67. The molecule has 1 aliphatic heterocycles. The third-order valence-corrected chi connectivity index (χ3v) is 4.74. The van der Waals surface area contributed by atoms with Crippen LogP contribution >= 0.6 is 0 Å². The van der Waals surface area contributed by atoms with Gasteiger partial charge in [0.2, 0.25) is 0 Å². The van der Waals surface area contributed by atoms with Gasteiger partial charge >= 0.3 is 6.03 Å². The molecule has 1 saturated heterocycles. The summed E-state index contributed by atoms with van der Waals surface area (Å²) in [6.07, 6.45) is 8.21. The Balaban J connectivity index is 1.55. The van der Waals surface area contributed by atoms with Gasteiger partial charge in [0, 0.05) is 33.2 Å². The Labute approximate surface area is 153 Å². The molecular formula is C18H27N5O3. The quantitative estimate of drug-likeness (QED) is 0.818. The number of methoxy groups -OCH3 is 1. The van der Waals surface area contributed by atoms with E-state index in [9.17, 15) is 4.79 Å². The molecule has 0 spiro atoms. The van der Waals surface area contributed by atoms with Crippen LogP contribution in [0.25, 0.3) is 0 Å². The number of nitrogens with zero attached hydrogens (tertiary/aromatic N) is 4. The third kappa shape index (κ3) is 4.63. The first kappa shape index (κ1) is 18.4. The molecule has 142 valence electrons. The van der Waals surface area contributed by atoms with Crippen LogP contribution < -0.4 is 5.32 Å². The van der Waals surface area contributed by atoms with Crippen molar-refractivity contribution in [3.8, 4) is 0 Å². The Bertz CT molecular complexity index is 670. The molecule has 1 fully saturated rings. The summed E-state index contributed by atoms with van der Waals surface area (Å²) >= 11 is 0. The van der Waals surface area contributed by atoms with Crippen LogP contribution in [0.5, 0.6) is 0 Å². The molecule has 2 amide bonds. The fourth-order valence-corrected chi connectivity index (χ4v) is 3.36. The molecule has 0 saturated carbocycles. The second-order valence-electron chi connectivity index (χ2n) is 6.49. The van der Waals surface area contributed by atoms with E-state index in [1.165, 1.54) is 0 Å². The van der Waals surface area contributed by atoms with Gasteiger partial charge in [0.25, 0.3) is 0 Å². The second-order valence-corrected chi connectivity index (χ2v) is 6.49. The lowest BCUT2D eigenvalue weighted by Gasteiger charge is -2.28. The third-order valence-electron chi connectivity index (χ3n) is 4.74. The fourth-order valence-electron chi connectivity index (χ4n) is 3.36. The van der Waals surface area contributed by atoms with Crippen molar-refractivity contribution in [1.82, 2.24) is 25.0 Å². The molecule has 1 aliphatic rings. The number of carbonyl (C=O) groups excluding carboxylic acids is 1. The van der Waals surface area contributed by atoms with Crippen LogP contribution in [0.15, 0.2) is 29.1 Å². The van der Waals surface area contributed by atoms with Crippen molar-refractivity contribution in [2.75, 3.05) is 26.8 Å². The Morgan fingerprint density at radius 1 is 1.42 bits per heavy atom. The highest BCUT2D eigenvalue weighted by atomic mass is 16.5. The standard InChI is InChI=1S/C18H27N5O3/c1-25-13-11-22-14-20-21-17(22)8-9-19-18(24)23-10-4-2-3-6-15(23)16-7-5-12-26-16/h5,7,12,14-15H,2-4,6,8-11,13H2,1H3,(H,19,24)/t15-/m0/s1. The van der Waals surface area contributed by atoms with Gasteiger partial charge in [-0.25, -0.2) is 4.79 Å². The minimum atomic E-state index is -0.0451. The Hall–Kier alpha value is -2.35. The maximum atomic E-state index is 12.8. The molecule has 1 atom stereocenters. The highest BCUT2D eigenvalue weighted by Crippen LogP contribution is 2.30. The zero-order valence-electron chi connectivity index (χ0n) is 15.3. The van der Waals surface area contributed by atoms with Gasteiger partial charge in [-0.2, -0.15) is 0 Å². The van der Waals surface area contributed by atoms with Crippen molar-refractivity contribution >= 4 is 6.03 Å². The lowest BCUT2D eigenvalue weighted by molar-refractivity contribution is 0.166. The summed E-state index contributed by atoms with van der Waals surface area (Å²) in [4.78, 5) is 14.7. The Morgan fingerprint density at radius 3 is 3.15 bits per heavy atom. The molecule has 3 heterocycles. The molecule has 8 nitrogen and oxygen atoms in total. The lowest BCUT2D eigenvalue weighted by Crippen LogP contribution is -2.42. The van der Waals surface area contributed by atoms with Gasteiger partial charge in [-0.1, -0.05) is 12.8 Å². The summed E-state index contributed by atoms with van der Waals surface area (Å²) in [5.41, 5.74) is 0. The highest BCUT2D eigenvalue weighted by Gasteiger charge is 2.28. The first-order valence-corrected chi connectivity index (χ1v) is 9.23. The summed E-state index contributed by atoms with van der Waals surface area (Å²) in [6, 6.07) is 3.80. The number of amides is 2. The zero-order valence-corrected chi connectivity index (χ0v) is 15.3. The van der Waals surface area contributed by atoms with E-state index >= 15 is 0 Å². The summed E-state index contributed by atoms with van der Waals surface area (Å²) in [6.45, 7) is 2.59. The van der Waals surface area contributed by atoms with Crippen LogP contribution in [0.3, 0.4) is 0 Å². The number of carbonyl (C=O) groups is 1. The molecule has 0 aromatic carbocycles. The molecule has 3 rings (SSSR count). The van der Waals surface area contributed by atoms with Crippen molar-refractivity contribution in [3.05, 3.63) is 36.3 Å². The van der Waals surface area contributed by atoms with Crippen LogP contribution in [0.2, 0.25) is 0 Å². The molecule has 0 aliphatic carbocycles. The van der Waals surface area contributed by atoms with Crippen molar-refractivity contribution in [3.63, 3.8) is 0 Å². The van der Waals surface area contributed by atoms with Gasteiger partial charge in [0.1, 0.15) is 17.9 Å². The van der Waals surface area contributed by atoms with Gasteiger partial charge in [-0.3, -0.25) is 0 Å². The minimum Gasteiger partial charge on any atom is -0.467 e. The number of urea groups is 1. The van der Waals surface area contributed by atoms with Crippen molar-refractivity contribution in [2.45, 2.75) is 44.7 Å². The predicted molar refractivity (Wildman–Crippen MR) is 95.6 cm³/mol. The minimum absolute atomic E-state index is 0.0119. The predicted octanol–water partition coefficient (Wildman–Crippen LogP) is 2.39. The smallest absolute Gasteiger partial charge is 0.318 e. The van der Waals surface area contributed by atoms with Crippen LogP contribution in [0.4, 0.5) is 4.79 Å². The number of hydrogen-bond acceptors (Lipinski definition) is 5. The van der Waals surface area contributed by atoms with E-state index in [-0.39, 0.29) is 12.1 Å². The van der Waals surface area contributed by atoms with Gasteiger partial charge in [-0.05, 0) is 25.0 Å². The molecule has 2 aromatic heterocycles. The van der Waals surface area contributed by atoms with Crippen molar-refractivity contribution in [1.29, 1.82) is 0 Å². The second kappa shape index (κ2) is 9.38. The van der Waals surface area contributed by atoms with E-state index in [2.05, 4.69) is 15.5 Å². The van der Waals surface area contributed by atoms with Crippen molar-refractivity contribution < 1.29 is 13.9 Å². The molecule has 2 aromatic rings.